The highest BCUT2D eigenvalue weighted by molar-refractivity contribution is 5.81. The Balaban J connectivity index is 1.68. The van der Waals surface area contributed by atoms with E-state index in [9.17, 15) is 9.59 Å². The third-order valence-electron chi connectivity index (χ3n) is 4.47. The monoisotopic (exact) mass is 349 g/mol. The van der Waals surface area contributed by atoms with Crippen LogP contribution in [0.5, 0.6) is 11.5 Å². The van der Waals surface area contributed by atoms with E-state index in [1.807, 2.05) is 18.7 Å². The molecule has 0 spiro atoms. The first-order chi connectivity index (χ1) is 12.0. The first kappa shape index (κ1) is 19.1. The van der Waals surface area contributed by atoms with Crippen LogP contribution in [0.1, 0.15) is 39.5 Å². The fourth-order valence-corrected chi connectivity index (χ4v) is 3.13. The van der Waals surface area contributed by atoms with Gasteiger partial charge < -0.3 is 19.1 Å². The molecule has 0 radical (unpaired) electrons. The zero-order valence-corrected chi connectivity index (χ0v) is 15.2. The van der Waals surface area contributed by atoms with E-state index in [0.29, 0.717) is 5.75 Å². The molecular weight excluding hydrogens is 322 g/mol. The van der Waals surface area contributed by atoms with Crippen LogP contribution in [0.15, 0.2) is 24.3 Å². The van der Waals surface area contributed by atoms with Crippen molar-refractivity contribution in [1.82, 2.24) is 4.90 Å². The first-order valence-electron chi connectivity index (χ1n) is 8.75. The van der Waals surface area contributed by atoms with Crippen molar-refractivity contribution < 1.29 is 23.8 Å². The number of rotatable bonds is 7. The molecule has 1 aliphatic heterocycles. The van der Waals surface area contributed by atoms with E-state index in [2.05, 4.69) is 0 Å². The normalized spacial score (nSPS) is 20.0. The van der Waals surface area contributed by atoms with Crippen LogP contribution in [0.2, 0.25) is 0 Å². The average Bonchev–Trinajstić information content (AvgIpc) is 2.60. The molecule has 0 aliphatic carbocycles. The molecule has 1 fully saturated rings. The van der Waals surface area contributed by atoms with Crippen molar-refractivity contribution in [3.63, 3.8) is 0 Å². The molecule has 1 saturated heterocycles. The molecule has 0 unspecified atom stereocenters. The van der Waals surface area contributed by atoms with E-state index < -0.39 is 5.97 Å². The van der Waals surface area contributed by atoms with Crippen molar-refractivity contribution in [3.8, 4) is 11.5 Å². The van der Waals surface area contributed by atoms with Gasteiger partial charge in [-0.05, 0) is 57.4 Å². The predicted octanol–water partition coefficient (Wildman–Crippen LogP) is 2.80. The number of carbonyl (C=O) groups is 2. The number of hydrogen-bond donors (Lipinski definition) is 0. The lowest BCUT2D eigenvalue weighted by Crippen LogP contribution is -2.49. The number of likely N-dealkylation sites (tertiary alicyclic amines) is 1. The van der Waals surface area contributed by atoms with Crippen LogP contribution in [-0.4, -0.2) is 49.2 Å². The predicted molar refractivity (Wildman–Crippen MR) is 93.7 cm³/mol. The van der Waals surface area contributed by atoms with Crippen molar-refractivity contribution >= 4 is 11.9 Å². The van der Waals surface area contributed by atoms with Crippen molar-refractivity contribution in [2.75, 3.05) is 20.3 Å². The van der Waals surface area contributed by atoms with Gasteiger partial charge in [-0.3, -0.25) is 9.59 Å². The smallest absolute Gasteiger partial charge is 0.309 e. The lowest BCUT2D eigenvalue weighted by atomic mass is 9.97. The molecule has 2 atom stereocenters. The number of piperidine rings is 1. The number of benzene rings is 1. The zero-order valence-electron chi connectivity index (χ0n) is 15.2. The van der Waals surface area contributed by atoms with Gasteiger partial charge in [0.25, 0.3) is 5.91 Å². The number of carbonyl (C=O) groups excluding carboxylic acids is 2. The summed E-state index contributed by atoms with van der Waals surface area (Å²) >= 11 is 0. The molecule has 0 saturated carbocycles. The Morgan fingerprint density at radius 1 is 1.08 bits per heavy atom. The summed E-state index contributed by atoms with van der Waals surface area (Å²) in [5.41, 5.74) is 0. The minimum absolute atomic E-state index is 0.102. The maximum absolute atomic E-state index is 12.3. The van der Waals surface area contributed by atoms with Crippen molar-refractivity contribution in [1.29, 1.82) is 0 Å². The van der Waals surface area contributed by atoms with Crippen LogP contribution in [0.3, 0.4) is 0 Å². The second kappa shape index (κ2) is 9.30. The van der Waals surface area contributed by atoms with Crippen molar-refractivity contribution in [2.45, 2.75) is 51.6 Å². The largest absolute Gasteiger partial charge is 0.497 e. The van der Waals surface area contributed by atoms with E-state index in [1.54, 1.807) is 31.4 Å². The molecule has 6 nitrogen and oxygen atoms in total. The summed E-state index contributed by atoms with van der Waals surface area (Å²) in [6.07, 6.45) is 3.23. The SMILES string of the molecule is COc1ccc(OCCC(=O)OCC(=O)N2[C@H](C)CCC[C@@H]2C)cc1. The van der Waals surface area contributed by atoms with Gasteiger partial charge in [-0.2, -0.15) is 0 Å². The van der Waals surface area contributed by atoms with Gasteiger partial charge in [0.05, 0.1) is 20.1 Å². The molecule has 1 aromatic carbocycles. The fourth-order valence-electron chi connectivity index (χ4n) is 3.13. The number of ether oxygens (including phenoxy) is 3. The molecule has 0 N–H and O–H groups in total. The van der Waals surface area contributed by atoms with Gasteiger partial charge in [0.1, 0.15) is 11.5 Å². The summed E-state index contributed by atoms with van der Waals surface area (Å²) in [6.45, 7) is 4.09. The number of esters is 1. The molecule has 1 amide bonds. The molecule has 1 heterocycles. The summed E-state index contributed by atoms with van der Waals surface area (Å²) in [5.74, 6) is 0.843. The van der Waals surface area contributed by atoms with Crippen LogP contribution >= 0.6 is 0 Å². The summed E-state index contributed by atoms with van der Waals surface area (Å²) in [4.78, 5) is 25.9. The molecular formula is C19H27NO5. The van der Waals surface area contributed by atoms with Crippen molar-refractivity contribution in [3.05, 3.63) is 24.3 Å². The highest BCUT2D eigenvalue weighted by Gasteiger charge is 2.29. The Kier molecular flexibility index (Phi) is 7.10. The highest BCUT2D eigenvalue weighted by atomic mass is 16.5. The van der Waals surface area contributed by atoms with E-state index in [-0.39, 0.29) is 37.6 Å². The third-order valence-corrected chi connectivity index (χ3v) is 4.47. The Labute approximate surface area is 149 Å². The maximum atomic E-state index is 12.3. The number of hydrogen-bond acceptors (Lipinski definition) is 5. The molecule has 6 heteroatoms. The zero-order chi connectivity index (χ0) is 18.2. The lowest BCUT2D eigenvalue weighted by molar-refractivity contribution is -0.155. The standard InChI is InChI=1S/C19H27NO5/c1-14-5-4-6-15(2)20(14)18(21)13-25-19(22)11-12-24-17-9-7-16(23-3)8-10-17/h7-10,14-15H,4-6,11-13H2,1-3H3/t14-,15+. The van der Waals surface area contributed by atoms with Gasteiger partial charge in [0.15, 0.2) is 6.61 Å². The molecule has 1 aliphatic rings. The van der Waals surface area contributed by atoms with Gasteiger partial charge >= 0.3 is 5.97 Å². The lowest BCUT2D eigenvalue weighted by Gasteiger charge is -2.38. The van der Waals surface area contributed by atoms with Crippen molar-refractivity contribution in [2.24, 2.45) is 0 Å². The third kappa shape index (κ3) is 5.66. The van der Waals surface area contributed by atoms with Crippen LogP contribution in [0.25, 0.3) is 0 Å². The van der Waals surface area contributed by atoms with E-state index in [0.717, 1.165) is 25.0 Å². The Morgan fingerprint density at radius 3 is 2.28 bits per heavy atom. The van der Waals surface area contributed by atoms with E-state index in [1.165, 1.54) is 0 Å². The van der Waals surface area contributed by atoms with E-state index >= 15 is 0 Å². The van der Waals surface area contributed by atoms with Crippen LogP contribution in [0, 0.1) is 0 Å². The molecule has 138 valence electrons. The Hall–Kier alpha value is -2.24. The fraction of sp³-hybridized carbons (Fsp3) is 0.579. The van der Waals surface area contributed by atoms with Crippen LogP contribution < -0.4 is 9.47 Å². The second-order valence-electron chi connectivity index (χ2n) is 6.36. The van der Waals surface area contributed by atoms with Gasteiger partial charge in [-0.25, -0.2) is 0 Å². The highest BCUT2D eigenvalue weighted by Crippen LogP contribution is 2.22. The molecule has 25 heavy (non-hydrogen) atoms. The topological polar surface area (TPSA) is 65.1 Å². The molecule has 0 bridgehead atoms. The second-order valence-corrected chi connectivity index (χ2v) is 6.36. The quantitative estimate of drug-likeness (QED) is 0.708. The van der Waals surface area contributed by atoms with Crippen LogP contribution in [-0.2, 0) is 14.3 Å². The first-order valence-corrected chi connectivity index (χ1v) is 8.75. The summed E-state index contributed by atoms with van der Waals surface area (Å²) in [5, 5.41) is 0. The van der Waals surface area contributed by atoms with Gasteiger partial charge in [0, 0.05) is 12.1 Å². The number of methoxy groups -OCH3 is 1. The van der Waals surface area contributed by atoms with Gasteiger partial charge in [0.2, 0.25) is 0 Å². The molecule has 2 rings (SSSR count). The van der Waals surface area contributed by atoms with E-state index in [4.69, 9.17) is 14.2 Å². The molecule has 0 aromatic heterocycles. The Bertz CT molecular complexity index is 562. The average molecular weight is 349 g/mol. The number of nitrogens with zero attached hydrogens (tertiary/aromatic N) is 1. The van der Waals surface area contributed by atoms with Crippen LogP contribution in [0.4, 0.5) is 0 Å². The summed E-state index contributed by atoms with van der Waals surface area (Å²) < 4.78 is 15.6. The maximum Gasteiger partial charge on any atom is 0.309 e. The minimum Gasteiger partial charge on any atom is -0.497 e. The van der Waals surface area contributed by atoms with Gasteiger partial charge in [-0.1, -0.05) is 0 Å². The summed E-state index contributed by atoms with van der Waals surface area (Å²) in [6, 6.07) is 7.52. The molecule has 1 aromatic rings. The number of amides is 1. The summed E-state index contributed by atoms with van der Waals surface area (Å²) in [7, 11) is 1.60. The Morgan fingerprint density at radius 2 is 1.68 bits per heavy atom. The van der Waals surface area contributed by atoms with Gasteiger partial charge in [-0.15, -0.1) is 0 Å². The minimum atomic E-state index is -0.431.